The predicted molar refractivity (Wildman–Crippen MR) is 179 cm³/mol. The summed E-state index contributed by atoms with van der Waals surface area (Å²) in [7, 11) is -9.36. The van der Waals surface area contributed by atoms with Crippen molar-refractivity contribution in [1.29, 1.82) is 0 Å². The molecular weight excluding hydrogens is 812 g/mol. The number of non-ortho nitro benzene ring substituents is 2. The normalized spacial score (nSPS) is 11.7. The van der Waals surface area contributed by atoms with Gasteiger partial charge in [-0.3, -0.25) is 20.2 Å². The maximum absolute atomic E-state index is 12.1. The number of benzene rings is 6. The van der Waals surface area contributed by atoms with E-state index in [9.17, 15) is 66.6 Å². The summed E-state index contributed by atoms with van der Waals surface area (Å²) in [5.74, 6) is -2.39. The fourth-order valence-electron chi connectivity index (χ4n) is 4.66. The van der Waals surface area contributed by atoms with Crippen LogP contribution in [0.1, 0.15) is 4.28 Å². The van der Waals surface area contributed by atoms with Crippen LogP contribution in [0, 0.1) is 20.2 Å². The first-order valence-electron chi connectivity index (χ1n) is 14.5. The molecule has 281 valence electrons. The van der Waals surface area contributed by atoms with Crippen LogP contribution in [0.2, 0.25) is 0 Å². The molecule has 1 radical (unpaired) electrons. The van der Waals surface area contributed by atoms with Gasteiger partial charge in [-0.15, -0.1) is 0 Å². The van der Waals surface area contributed by atoms with Gasteiger partial charge in [0, 0.05) is 35.0 Å². The molecule has 23 heteroatoms. The molecule has 6 rings (SSSR count). The standard InChI is InChI=1S/2C16H11N3O7S.Fe/c2*20-14-6-2-10(19(22)23)8-13(14)17-18-16-12-4-3-11(27(24,25)26)7-9(12)1-5-15(16)21;/h2*1-8,20-21H,(H,24,25,26);/q;;+3/p-3. The Bertz CT molecular complexity index is 2630. The van der Waals surface area contributed by atoms with Crippen molar-refractivity contribution in [3.05, 3.63) is 117 Å². The van der Waals surface area contributed by atoms with Gasteiger partial charge in [-0.25, -0.2) is 16.8 Å². The Morgan fingerprint density at radius 2 is 0.818 bits per heavy atom. The Hall–Kier alpha value is -6.62. The number of rotatable bonds is 8. The summed E-state index contributed by atoms with van der Waals surface area (Å²) in [6.07, 6.45) is 0. The van der Waals surface area contributed by atoms with Gasteiger partial charge in [-0.1, -0.05) is 71.5 Å². The van der Waals surface area contributed by atoms with E-state index in [1.807, 2.05) is 0 Å². The third-order valence-electron chi connectivity index (χ3n) is 7.25. The molecule has 0 spiro atoms. The molecule has 0 fully saturated rings. The quantitative estimate of drug-likeness (QED) is 0.0656. The molecule has 55 heavy (non-hydrogen) atoms. The Kier molecular flexibility index (Phi) is 12.1. The zero-order chi connectivity index (χ0) is 39.5. The molecule has 0 aliphatic heterocycles. The number of nitrogens with zero attached hydrogens (tertiary/aromatic N) is 6. The molecule has 0 N–H and O–H groups in total. The molecule has 6 aromatic rings. The van der Waals surface area contributed by atoms with E-state index in [4.69, 9.17) is 0 Å². The van der Waals surface area contributed by atoms with Crippen molar-refractivity contribution in [3.63, 3.8) is 0 Å². The maximum Gasteiger partial charge on any atom is 3.00 e. The molecule has 0 aliphatic rings. The predicted octanol–water partition coefficient (Wildman–Crippen LogP) is 4.76. The molecule has 0 amide bonds. The first-order valence-corrected chi connectivity index (χ1v) is 17.3. The molecule has 0 saturated carbocycles. The Balaban J connectivity index is 0.000000543. The van der Waals surface area contributed by atoms with Crippen LogP contribution in [-0.2, 0) is 37.3 Å². The minimum absolute atomic E-state index is 0. The van der Waals surface area contributed by atoms with Crippen LogP contribution in [-0.4, -0.2) is 35.8 Å². The molecule has 0 aliphatic carbocycles. The Morgan fingerprint density at radius 3 is 1.15 bits per heavy atom. The van der Waals surface area contributed by atoms with Gasteiger partial charge in [0.15, 0.2) is 0 Å². The van der Waals surface area contributed by atoms with Gasteiger partial charge >= 0.3 is 21.3 Å². The summed E-state index contributed by atoms with van der Waals surface area (Å²) in [6.45, 7) is 0. The van der Waals surface area contributed by atoms with Crippen LogP contribution < -0.4 is 20.4 Å². The number of fused-ring (bicyclic) bond motifs is 2. The van der Waals surface area contributed by atoms with E-state index in [2.05, 4.69) is 20.5 Å². The van der Waals surface area contributed by atoms with E-state index in [1.54, 1.807) is 0 Å². The summed E-state index contributed by atoms with van der Waals surface area (Å²) in [6, 6.07) is 17.3. The van der Waals surface area contributed by atoms with Crippen LogP contribution in [0.5, 0.6) is 23.0 Å². The van der Waals surface area contributed by atoms with E-state index in [0.717, 1.165) is 72.8 Å². The number of hydrogen-bond acceptors (Lipinski definition) is 18. The Labute approximate surface area is 323 Å². The van der Waals surface area contributed by atoms with Gasteiger partial charge in [0.2, 0.25) is 0 Å². The van der Waals surface area contributed by atoms with E-state index < -0.39 is 62.9 Å². The first kappa shape index (κ1) is 41.1. The molecule has 0 heterocycles. The average Bonchev–Trinajstić information content (AvgIpc) is 3.11. The second-order valence-electron chi connectivity index (χ2n) is 10.7. The van der Waals surface area contributed by atoms with Crippen LogP contribution in [0.4, 0.5) is 34.1 Å². The molecule has 6 aromatic carbocycles. The van der Waals surface area contributed by atoms with E-state index in [-0.39, 0.29) is 77.0 Å². The smallest absolute Gasteiger partial charge is 0.871 e. The molecule has 0 saturated heterocycles. The minimum Gasteiger partial charge on any atom is -0.871 e. The van der Waals surface area contributed by atoms with Crippen molar-refractivity contribution in [2.24, 2.45) is 20.5 Å². The molecule has 0 aromatic heterocycles. The summed E-state index contributed by atoms with van der Waals surface area (Å²) < 4.78 is 66.7. The third-order valence-corrected chi connectivity index (χ3v) is 8.91. The summed E-state index contributed by atoms with van der Waals surface area (Å²) in [5, 5.41) is 84.9. The van der Waals surface area contributed by atoms with Crippen LogP contribution in [0.3, 0.4) is 0 Å². The van der Waals surface area contributed by atoms with E-state index in [0.29, 0.717) is 0 Å². The van der Waals surface area contributed by atoms with Crippen LogP contribution in [0.15, 0.2) is 127 Å². The van der Waals surface area contributed by atoms with Gasteiger partial charge in [0.1, 0.15) is 20.2 Å². The topological polar surface area (TPSA) is 342 Å². The fourth-order valence-corrected chi connectivity index (χ4v) is 5.67. The van der Waals surface area contributed by atoms with Gasteiger partial charge < -0.3 is 29.5 Å². The molecule has 20 nitrogen and oxygen atoms in total. The third kappa shape index (κ3) is 9.49. The molecular formula is C32H19FeN6O14S2. The zero-order valence-corrected chi connectivity index (χ0v) is 29.5. The molecule has 0 unspecified atom stereocenters. The first-order chi connectivity index (χ1) is 25.3. The SMILES string of the molecule is O=[N+]([O-])c1ccc([O-])c(N=Nc2c([O-])ccc3cc(S(=O)(=O)[O-])ccc23)c1.O=[N+]([O-])c1ccc([O-])c(N=Nc2c([O-])ccc3cc(S(=O)(=O)[O-])ccc23)c1.[Fe+3].[H+].[H+].[H+]. The van der Waals surface area contributed by atoms with Gasteiger partial charge in [0.25, 0.3) is 11.4 Å². The van der Waals surface area contributed by atoms with E-state index in [1.165, 1.54) is 24.3 Å². The summed E-state index contributed by atoms with van der Waals surface area (Å²) in [5.41, 5.74) is -1.80. The number of hydrogen-bond donors (Lipinski definition) is 0. The zero-order valence-electron chi connectivity index (χ0n) is 29.8. The summed E-state index contributed by atoms with van der Waals surface area (Å²) in [4.78, 5) is 19.2. The number of azo groups is 2. The van der Waals surface area contributed by atoms with Gasteiger partial charge in [-0.2, -0.15) is 20.5 Å². The molecule has 0 bridgehead atoms. The van der Waals surface area contributed by atoms with Crippen molar-refractivity contribution in [1.82, 2.24) is 0 Å². The summed E-state index contributed by atoms with van der Waals surface area (Å²) >= 11 is 0. The van der Waals surface area contributed by atoms with Crippen molar-refractivity contribution >= 4 is 75.9 Å². The van der Waals surface area contributed by atoms with Crippen molar-refractivity contribution in [2.45, 2.75) is 9.79 Å². The van der Waals surface area contributed by atoms with Gasteiger partial charge in [-0.05, 0) is 35.0 Å². The van der Waals surface area contributed by atoms with Crippen LogP contribution in [0.25, 0.3) is 21.5 Å². The van der Waals surface area contributed by atoms with Crippen molar-refractivity contribution in [2.75, 3.05) is 0 Å². The second-order valence-corrected chi connectivity index (χ2v) is 13.5. The van der Waals surface area contributed by atoms with Crippen molar-refractivity contribution in [3.8, 4) is 23.0 Å². The largest absolute Gasteiger partial charge is 3.00 e. The maximum atomic E-state index is 12.1. The number of nitro benzene ring substituents is 2. The van der Waals surface area contributed by atoms with E-state index >= 15 is 0 Å². The molecule has 0 atom stereocenters. The number of nitro groups is 2. The van der Waals surface area contributed by atoms with Crippen LogP contribution >= 0.6 is 0 Å². The van der Waals surface area contributed by atoms with Gasteiger partial charge in [0.05, 0.1) is 42.4 Å². The van der Waals surface area contributed by atoms with Crippen molar-refractivity contribution < 1.29 is 77.6 Å². The second kappa shape index (κ2) is 16.2. The fraction of sp³-hybridized carbons (Fsp3) is 0. The monoisotopic (exact) mass is 831 g/mol. The minimum atomic E-state index is -4.68. The average molecular weight is 832 g/mol. The Morgan fingerprint density at radius 1 is 0.473 bits per heavy atom.